The third-order valence-electron chi connectivity index (χ3n) is 3.91. The van der Waals surface area contributed by atoms with Crippen LogP contribution in [0.2, 0.25) is 0 Å². The smallest absolute Gasteiger partial charge is 0.420 e. The van der Waals surface area contributed by atoms with Crippen molar-refractivity contribution in [3.05, 3.63) is 71.3 Å². The summed E-state index contributed by atoms with van der Waals surface area (Å²) in [6.07, 6.45) is -1.70. The van der Waals surface area contributed by atoms with Crippen molar-refractivity contribution < 1.29 is 28.7 Å². The van der Waals surface area contributed by atoms with Gasteiger partial charge in [-0.2, -0.15) is 0 Å². The minimum atomic E-state index is -0.848. The fraction of sp³-hybridized carbons (Fsp3) is 0.360. The van der Waals surface area contributed by atoms with Gasteiger partial charge in [-0.1, -0.05) is 36.4 Å². The summed E-state index contributed by atoms with van der Waals surface area (Å²) >= 11 is 0. The minimum Gasteiger partial charge on any atom is -0.443 e. The van der Waals surface area contributed by atoms with E-state index in [4.69, 9.17) is 9.47 Å². The monoisotopic (exact) mass is 437 g/mol. The fourth-order valence-corrected chi connectivity index (χ4v) is 2.53. The van der Waals surface area contributed by atoms with Gasteiger partial charge >= 0.3 is 12.2 Å². The maximum atomic E-state index is 12.6. The van der Waals surface area contributed by atoms with Crippen LogP contribution in [0.25, 0.3) is 0 Å². The first-order valence-electron chi connectivity index (χ1n) is 10.1. The quantitative estimate of drug-likeness (QED) is 0.482. The van der Waals surface area contributed by atoms with E-state index in [1.807, 2.05) is 0 Å². The molecule has 0 atom stereocenters. The number of imide groups is 1. The third-order valence-corrected chi connectivity index (χ3v) is 3.91. The van der Waals surface area contributed by atoms with E-state index in [1.165, 1.54) is 30.3 Å². The number of nitrogens with zero attached hydrogens (tertiary/aromatic N) is 1. The average Bonchev–Trinajstić information content (AvgIpc) is 2.69. The molecule has 2 amide bonds. The van der Waals surface area contributed by atoms with Crippen molar-refractivity contribution in [2.24, 2.45) is 0 Å². The Balaban J connectivity index is 2.20. The van der Waals surface area contributed by atoms with Gasteiger partial charge in [0.2, 0.25) is 11.6 Å². The normalized spacial score (nSPS) is 11.2. The molecule has 0 aliphatic rings. The van der Waals surface area contributed by atoms with Gasteiger partial charge in [-0.3, -0.25) is 9.59 Å². The van der Waals surface area contributed by atoms with Gasteiger partial charge in [-0.05, 0) is 65.3 Å². The molecule has 168 valence electrons. The largest absolute Gasteiger partial charge is 0.443 e. The van der Waals surface area contributed by atoms with E-state index >= 15 is 0 Å². The number of carbonyl (C=O) groups is 4. The lowest BCUT2D eigenvalue weighted by Gasteiger charge is -2.28. The highest BCUT2D eigenvalue weighted by molar-refractivity contribution is 6.49. The Bertz CT molecular complexity index is 954. The van der Waals surface area contributed by atoms with Crippen LogP contribution in [-0.4, -0.2) is 39.9 Å². The number of rotatable bonds is 5. The first-order chi connectivity index (χ1) is 14.8. The molecule has 0 bridgehead atoms. The van der Waals surface area contributed by atoms with Crippen LogP contribution in [0.5, 0.6) is 0 Å². The molecular weight excluding hydrogens is 410 g/mol. The first kappa shape index (κ1) is 24.6. The average molecular weight is 437 g/mol. The maximum absolute atomic E-state index is 12.6. The predicted molar refractivity (Wildman–Crippen MR) is 117 cm³/mol. The highest BCUT2D eigenvalue weighted by Gasteiger charge is 2.31. The van der Waals surface area contributed by atoms with Crippen molar-refractivity contribution in [1.29, 1.82) is 0 Å². The van der Waals surface area contributed by atoms with E-state index in [0.29, 0.717) is 5.56 Å². The molecule has 7 heteroatoms. The summed E-state index contributed by atoms with van der Waals surface area (Å²) in [7, 11) is 0. The summed E-state index contributed by atoms with van der Waals surface area (Å²) in [5.74, 6) is -1.33. The van der Waals surface area contributed by atoms with E-state index in [-0.39, 0.29) is 17.7 Å². The summed E-state index contributed by atoms with van der Waals surface area (Å²) < 4.78 is 10.7. The SMILES string of the molecule is CC(C)(C)OC(=O)N(Cc1ccc(C(=O)C(=O)c2cc#ccc2)cc1)C(=O)OC(C)(C)C. The Morgan fingerprint density at radius 3 is 1.69 bits per heavy atom. The predicted octanol–water partition coefficient (Wildman–Crippen LogP) is 5.02. The summed E-state index contributed by atoms with van der Waals surface area (Å²) in [5.41, 5.74) is -0.652. The Labute approximate surface area is 188 Å². The second kappa shape index (κ2) is 9.65. The molecular formula is C25H27NO6. The zero-order valence-electron chi connectivity index (χ0n) is 19.1. The molecule has 0 saturated heterocycles. The number of ether oxygens (including phenoxy) is 2. The van der Waals surface area contributed by atoms with Crippen LogP contribution in [0.3, 0.4) is 0 Å². The van der Waals surface area contributed by atoms with Crippen molar-refractivity contribution in [2.45, 2.75) is 59.3 Å². The lowest BCUT2D eigenvalue weighted by molar-refractivity contribution is -0.000274. The molecule has 0 radical (unpaired) electrons. The molecule has 0 aliphatic heterocycles. The Kier molecular flexibility index (Phi) is 7.42. The number of amides is 2. The van der Waals surface area contributed by atoms with Crippen molar-refractivity contribution in [2.75, 3.05) is 0 Å². The first-order valence-corrected chi connectivity index (χ1v) is 10.1. The highest BCUT2D eigenvalue weighted by atomic mass is 16.6. The van der Waals surface area contributed by atoms with Crippen LogP contribution in [-0.2, 0) is 16.0 Å². The minimum absolute atomic E-state index is 0.129. The molecule has 0 N–H and O–H groups in total. The summed E-state index contributed by atoms with van der Waals surface area (Å²) in [6.45, 7) is 10.0. The van der Waals surface area contributed by atoms with E-state index in [9.17, 15) is 19.2 Å². The van der Waals surface area contributed by atoms with Crippen molar-refractivity contribution in [1.82, 2.24) is 4.90 Å². The molecule has 32 heavy (non-hydrogen) atoms. The Hall–Kier alpha value is -3.66. The van der Waals surface area contributed by atoms with Gasteiger partial charge in [-0.25, -0.2) is 14.5 Å². The molecule has 0 aromatic heterocycles. The topological polar surface area (TPSA) is 90.0 Å². The number of carbonyl (C=O) groups excluding carboxylic acids is 4. The zero-order valence-corrected chi connectivity index (χ0v) is 19.1. The molecule has 7 nitrogen and oxygen atoms in total. The van der Waals surface area contributed by atoms with E-state index in [2.05, 4.69) is 12.1 Å². The van der Waals surface area contributed by atoms with Gasteiger partial charge in [0.1, 0.15) is 11.2 Å². The summed E-state index contributed by atoms with van der Waals surface area (Å²) in [6, 6.07) is 15.8. The molecule has 0 spiro atoms. The standard InChI is InChI=1S/C25H27NO6/c1-24(2,3)31-22(29)26(23(30)32-25(4,5)6)16-17-12-14-19(15-13-17)21(28)20(27)18-10-8-7-9-11-18/h8,10-15H,16H2,1-6H3. The number of hydrogen-bond donors (Lipinski definition) is 0. The molecule has 0 fully saturated rings. The molecule has 2 rings (SSSR count). The van der Waals surface area contributed by atoms with E-state index in [1.54, 1.807) is 53.7 Å². The maximum Gasteiger partial charge on any atom is 0.420 e. The van der Waals surface area contributed by atoms with Gasteiger partial charge in [0.05, 0.1) is 6.54 Å². The lowest BCUT2D eigenvalue weighted by Crippen LogP contribution is -2.43. The number of benzene rings is 1. The Morgan fingerprint density at radius 1 is 0.750 bits per heavy atom. The molecule has 2 aromatic rings. The van der Waals surface area contributed by atoms with Crippen molar-refractivity contribution >= 4 is 23.8 Å². The molecule has 2 aromatic carbocycles. The fourth-order valence-electron chi connectivity index (χ4n) is 2.53. The van der Waals surface area contributed by atoms with Crippen LogP contribution < -0.4 is 0 Å². The van der Waals surface area contributed by atoms with Crippen LogP contribution in [0.4, 0.5) is 9.59 Å². The van der Waals surface area contributed by atoms with Crippen LogP contribution in [0, 0.1) is 12.1 Å². The number of ketones is 2. The van der Waals surface area contributed by atoms with Gasteiger partial charge < -0.3 is 9.47 Å². The van der Waals surface area contributed by atoms with Crippen molar-refractivity contribution in [3.63, 3.8) is 0 Å². The van der Waals surface area contributed by atoms with E-state index in [0.717, 1.165) is 4.90 Å². The second-order valence-electron chi connectivity index (χ2n) is 9.12. The molecule has 0 aliphatic carbocycles. The number of Topliss-reactive ketones (excluding diaryl/α,β-unsaturated/α-hetero) is 2. The summed E-state index contributed by atoms with van der Waals surface area (Å²) in [5, 5.41) is 0. The Morgan fingerprint density at radius 2 is 1.25 bits per heavy atom. The molecule has 0 heterocycles. The van der Waals surface area contributed by atoms with Crippen LogP contribution in [0.15, 0.2) is 42.5 Å². The molecule has 0 saturated carbocycles. The van der Waals surface area contributed by atoms with Gasteiger partial charge in [0.25, 0.3) is 0 Å². The zero-order chi connectivity index (χ0) is 24.1. The third kappa shape index (κ3) is 7.24. The summed E-state index contributed by atoms with van der Waals surface area (Å²) in [4.78, 5) is 50.9. The molecule has 0 unspecified atom stereocenters. The highest BCUT2D eigenvalue weighted by Crippen LogP contribution is 2.18. The van der Waals surface area contributed by atoms with Gasteiger partial charge in [-0.15, -0.1) is 0 Å². The second-order valence-corrected chi connectivity index (χ2v) is 9.12. The number of hydrogen-bond acceptors (Lipinski definition) is 6. The van der Waals surface area contributed by atoms with Crippen molar-refractivity contribution in [3.8, 4) is 0 Å². The van der Waals surface area contributed by atoms with Gasteiger partial charge in [0, 0.05) is 11.1 Å². The van der Waals surface area contributed by atoms with Crippen LogP contribution >= 0.6 is 0 Å². The van der Waals surface area contributed by atoms with E-state index < -0.39 is 35.0 Å². The van der Waals surface area contributed by atoms with Gasteiger partial charge in [0.15, 0.2) is 0 Å². The lowest BCUT2D eigenvalue weighted by atomic mass is 10.0. The van der Waals surface area contributed by atoms with Crippen LogP contribution in [0.1, 0.15) is 67.8 Å².